The summed E-state index contributed by atoms with van der Waals surface area (Å²) in [6.07, 6.45) is 6.21. The summed E-state index contributed by atoms with van der Waals surface area (Å²) in [4.78, 5) is 16.1. The highest BCUT2D eigenvalue weighted by Crippen LogP contribution is 2.16. The summed E-state index contributed by atoms with van der Waals surface area (Å²) in [7, 11) is 0. The van der Waals surface area contributed by atoms with E-state index in [0.29, 0.717) is 0 Å². The fraction of sp³-hybridized carbons (Fsp3) is 0. The maximum atomic E-state index is 12.1. The Hall–Kier alpha value is -3.48. The molecule has 3 aromatic rings. The number of carbonyl (C=O) groups excluding carboxylic acids is 1. The fourth-order valence-electron chi connectivity index (χ4n) is 1.99. The first kappa shape index (κ1) is 14.5. The van der Waals surface area contributed by atoms with Crippen LogP contribution >= 0.6 is 0 Å². The van der Waals surface area contributed by atoms with Crippen LogP contribution in [0.4, 0.5) is 5.82 Å². The van der Waals surface area contributed by atoms with Crippen molar-refractivity contribution in [2.75, 3.05) is 5.73 Å². The summed E-state index contributed by atoms with van der Waals surface area (Å²) in [5.74, 6) is -0.171. The summed E-state index contributed by atoms with van der Waals surface area (Å²) >= 11 is 0. The summed E-state index contributed by atoms with van der Waals surface area (Å²) < 4.78 is 1.50. The van der Waals surface area contributed by atoms with E-state index < -0.39 is 5.91 Å². The predicted molar refractivity (Wildman–Crippen MR) is 87.3 cm³/mol. The molecule has 114 valence electrons. The Morgan fingerprint density at radius 3 is 2.74 bits per heavy atom. The highest BCUT2D eigenvalue weighted by Gasteiger charge is 2.15. The molecule has 2 aromatic heterocycles. The lowest BCUT2D eigenvalue weighted by Gasteiger charge is -2.04. The molecule has 3 N–H and O–H groups in total. The van der Waals surface area contributed by atoms with E-state index >= 15 is 0 Å². The molecule has 0 atom stereocenters. The van der Waals surface area contributed by atoms with Gasteiger partial charge >= 0.3 is 0 Å². The fourth-order valence-corrected chi connectivity index (χ4v) is 1.99. The molecule has 7 nitrogen and oxygen atoms in total. The summed E-state index contributed by atoms with van der Waals surface area (Å²) in [6.45, 7) is 0. The molecule has 0 unspecified atom stereocenters. The number of nitrogens with one attached hydrogen (secondary N) is 1. The van der Waals surface area contributed by atoms with Gasteiger partial charge in [-0.2, -0.15) is 10.2 Å². The number of amides is 1. The van der Waals surface area contributed by atoms with E-state index in [4.69, 9.17) is 5.73 Å². The van der Waals surface area contributed by atoms with Crippen LogP contribution < -0.4 is 11.2 Å². The third-order valence-corrected chi connectivity index (χ3v) is 3.12. The van der Waals surface area contributed by atoms with Crippen LogP contribution in [0.2, 0.25) is 0 Å². The molecule has 2 heterocycles. The van der Waals surface area contributed by atoms with E-state index in [0.717, 1.165) is 11.3 Å². The number of aromatic nitrogens is 3. The largest absolute Gasteiger partial charge is 0.383 e. The van der Waals surface area contributed by atoms with Gasteiger partial charge in [0.1, 0.15) is 11.4 Å². The standard InChI is InChI=1S/C16H14N6O/c17-15-14(11-20-22(15)13-6-2-1-3-7-13)16(23)21-19-10-12-5-4-8-18-9-12/h1-11H,17H2,(H,21,23)/b19-10-. The van der Waals surface area contributed by atoms with E-state index in [2.05, 4.69) is 20.6 Å². The molecule has 3 rings (SSSR count). The highest BCUT2D eigenvalue weighted by molar-refractivity contribution is 5.98. The highest BCUT2D eigenvalue weighted by atomic mass is 16.2. The number of carbonyl (C=O) groups is 1. The first-order chi connectivity index (χ1) is 11.3. The van der Waals surface area contributed by atoms with Crippen molar-refractivity contribution in [2.24, 2.45) is 5.10 Å². The van der Waals surface area contributed by atoms with Crippen molar-refractivity contribution in [1.29, 1.82) is 0 Å². The van der Waals surface area contributed by atoms with Crippen LogP contribution in [0.1, 0.15) is 15.9 Å². The number of anilines is 1. The number of nitrogens with zero attached hydrogens (tertiary/aromatic N) is 4. The Labute approximate surface area is 132 Å². The first-order valence-electron chi connectivity index (χ1n) is 6.88. The predicted octanol–water partition coefficient (Wildman–Crippen LogP) is 1.61. The monoisotopic (exact) mass is 306 g/mol. The first-order valence-corrected chi connectivity index (χ1v) is 6.88. The zero-order valence-corrected chi connectivity index (χ0v) is 12.1. The van der Waals surface area contributed by atoms with Crippen LogP contribution in [0, 0.1) is 0 Å². The number of hydrogen-bond acceptors (Lipinski definition) is 5. The van der Waals surface area contributed by atoms with E-state index in [9.17, 15) is 4.79 Å². The van der Waals surface area contributed by atoms with Gasteiger partial charge in [-0.05, 0) is 18.2 Å². The summed E-state index contributed by atoms with van der Waals surface area (Å²) in [5.41, 5.74) is 10.2. The van der Waals surface area contributed by atoms with Crippen LogP contribution in [0.5, 0.6) is 0 Å². The van der Waals surface area contributed by atoms with Gasteiger partial charge in [-0.3, -0.25) is 9.78 Å². The van der Waals surface area contributed by atoms with Crippen molar-refractivity contribution >= 4 is 17.9 Å². The lowest BCUT2D eigenvalue weighted by Crippen LogP contribution is -2.18. The maximum Gasteiger partial charge on any atom is 0.276 e. The number of benzene rings is 1. The number of hydrogen-bond donors (Lipinski definition) is 2. The lowest BCUT2D eigenvalue weighted by atomic mass is 10.3. The van der Waals surface area contributed by atoms with Crippen molar-refractivity contribution < 1.29 is 4.79 Å². The van der Waals surface area contributed by atoms with Gasteiger partial charge < -0.3 is 5.73 Å². The molecule has 0 aliphatic carbocycles. The molecular weight excluding hydrogens is 292 g/mol. The minimum absolute atomic E-state index is 0.255. The minimum atomic E-state index is -0.426. The average Bonchev–Trinajstić information content (AvgIpc) is 2.98. The Balaban J connectivity index is 1.74. The van der Waals surface area contributed by atoms with E-state index in [1.54, 1.807) is 18.5 Å². The van der Waals surface area contributed by atoms with Crippen LogP contribution in [0.3, 0.4) is 0 Å². The number of para-hydroxylation sites is 1. The quantitative estimate of drug-likeness (QED) is 0.565. The second-order valence-electron chi connectivity index (χ2n) is 4.68. The van der Waals surface area contributed by atoms with E-state index in [-0.39, 0.29) is 11.4 Å². The van der Waals surface area contributed by atoms with Crippen LogP contribution in [0.25, 0.3) is 5.69 Å². The minimum Gasteiger partial charge on any atom is -0.383 e. The maximum absolute atomic E-state index is 12.1. The molecule has 0 aliphatic rings. The zero-order chi connectivity index (χ0) is 16.1. The normalized spacial score (nSPS) is 10.8. The molecule has 0 saturated heterocycles. The second-order valence-corrected chi connectivity index (χ2v) is 4.68. The lowest BCUT2D eigenvalue weighted by molar-refractivity contribution is 0.0956. The van der Waals surface area contributed by atoms with Crippen molar-refractivity contribution in [3.63, 3.8) is 0 Å². The molecule has 23 heavy (non-hydrogen) atoms. The van der Waals surface area contributed by atoms with Crippen LogP contribution in [-0.2, 0) is 0 Å². The van der Waals surface area contributed by atoms with Crippen molar-refractivity contribution in [1.82, 2.24) is 20.2 Å². The number of pyridine rings is 1. The Morgan fingerprint density at radius 2 is 2.00 bits per heavy atom. The van der Waals surface area contributed by atoms with Crippen LogP contribution in [0.15, 0.2) is 66.2 Å². The number of rotatable bonds is 4. The molecule has 0 spiro atoms. The smallest absolute Gasteiger partial charge is 0.276 e. The molecule has 0 radical (unpaired) electrons. The molecule has 0 bridgehead atoms. The van der Waals surface area contributed by atoms with Gasteiger partial charge in [-0.15, -0.1) is 0 Å². The van der Waals surface area contributed by atoms with Crippen molar-refractivity contribution in [2.45, 2.75) is 0 Å². The molecule has 1 aromatic carbocycles. The molecule has 1 amide bonds. The van der Waals surface area contributed by atoms with Crippen molar-refractivity contribution in [3.8, 4) is 5.69 Å². The van der Waals surface area contributed by atoms with Gasteiger partial charge in [0.15, 0.2) is 0 Å². The Morgan fingerprint density at radius 1 is 1.17 bits per heavy atom. The van der Waals surface area contributed by atoms with E-state index in [1.165, 1.54) is 17.1 Å². The van der Waals surface area contributed by atoms with E-state index in [1.807, 2.05) is 36.4 Å². The third kappa shape index (κ3) is 3.24. The molecule has 7 heteroatoms. The van der Waals surface area contributed by atoms with Gasteiger partial charge in [0.2, 0.25) is 0 Å². The number of nitrogen functional groups attached to an aromatic ring is 1. The summed E-state index contributed by atoms with van der Waals surface area (Å²) in [5, 5.41) is 8.03. The summed E-state index contributed by atoms with van der Waals surface area (Å²) in [6, 6.07) is 12.9. The number of nitrogens with two attached hydrogens (primary N) is 1. The third-order valence-electron chi connectivity index (χ3n) is 3.12. The Bertz CT molecular complexity index is 826. The van der Waals surface area contributed by atoms with Gasteiger partial charge in [0, 0.05) is 18.0 Å². The van der Waals surface area contributed by atoms with Gasteiger partial charge in [-0.1, -0.05) is 24.3 Å². The average molecular weight is 306 g/mol. The topological polar surface area (TPSA) is 98.2 Å². The van der Waals surface area contributed by atoms with Gasteiger partial charge in [0.25, 0.3) is 5.91 Å². The zero-order valence-electron chi connectivity index (χ0n) is 12.1. The molecular formula is C16H14N6O. The SMILES string of the molecule is Nc1c(C(=O)N/N=C\c2cccnc2)cnn1-c1ccccc1. The molecule has 0 fully saturated rings. The van der Waals surface area contributed by atoms with Gasteiger partial charge in [0.05, 0.1) is 18.1 Å². The number of hydrazone groups is 1. The second kappa shape index (κ2) is 6.52. The Kier molecular flexibility index (Phi) is 4.10. The molecule has 0 saturated carbocycles. The van der Waals surface area contributed by atoms with Gasteiger partial charge in [-0.25, -0.2) is 10.1 Å². The van der Waals surface area contributed by atoms with Crippen LogP contribution in [-0.4, -0.2) is 26.9 Å². The van der Waals surface area contributed by atoms with Crippen molar-refractivity contribution in [3.05, 3.63) is 72.2 Å². The molecule has 0 aliphatic heterocycles.